The lowest BCUT2D eigenvalue weighted by Crippen LogP contribution is -2.22. The number of methoxy groups -OCH3 is 1. The molecule has 3 nitrogen and oxygen atoms in total. The van der Waals surface area contributed by atoms with Gasteiger partial charge in [0, 0.05) is 12.6 Å². The van der Waals surface area contributed by atoms with Crippen molar-refractivity contribution >= 4 is 15.9 Å². The third kappa shape index (κ3) is 3.25. The quantitative estimate of drug-likeness (QED) is 0.818. The molecule has 0 heterocycles. The summed E-state index contributed by atoms with van der Waals surface area (Å²) in [5.41, 5.74) is 1.04. The van der Waals surface area contributed by atoms with E-state index in [0.29, 0.717) is 16.8 Å². The number of aromatic hydroxyl groups is 1. The Morgan fingerprint density at radius 3 is 2.88 bits per heavy atom. The highest BCUT2D eigenvalue weighted by atomic mass is 79.9. The van der Waals surface area contributed by atoms with Gasteiger partial charge >= 0.3 is 0 Å². The molecular formula is C12H16BrNO2. The van der Waals surface area contributed by atoms with Crippen molar-refractivity contribution in [2.45, 2.75) is 19.5 Å². The van der Waals surface area contributed by atoms with Gasteiger partial charge in [-0.3, -0.25) is 0 Å². The molecule has 0 aliphatic rings. The highest BCUT2D eigenvalue weighted by Crippen LogP contribution is 2.35. The summed E-state index contributed by atoms with van der Waals surface area (Å²) in [7, 11) is 1.53. The minimum atomic E-state index is 0.128. The van der Waals surface area contributed by atoms with Gasteiger partial charge in [0.05, 0.1) is 11.6 Å². The maximum absolute atomic E-state index is 9.64. The number of ether oxygens (including phenoxy) is 1. The fourth-order valence-corrected chi connectivity index (χ4v) is 1.74. The van der Waals surface area contributed by atoms with E-state index >= 15 is 0 Å². The molecule has 4 heteroatoms. The zero-order valence-corrected chi connectivity index (χ0v) is 11.0. The number of phenols is 1. The van der Waals surface area contributed by atoms with E-state index in [1.807, 2.05) is 25.1 Å². The number of benzene rings is 1. The van der Waals surface area contributed by atoms with Crippen molar-refractivity contribution in [2.24, 2.45) is 0 Å². The smallest absolute Gasteiger partial charge is 0.172 e. The highest BCUT2D eigenvalue weighted by Gasteiger charge is 2.08. The Balaban J connectivity index is 2.81. The van der Waals surface area contributed by atoms with Gasteiger partial charge in [-0.25, -0.2) is 0 Å². The predicted octanol–water partition coefficient (Wildman–Crippen LogP) is 2.83. The van der Waals surface area contributed by atoms with Gasteiger partial charge in [0.1, 0.15) is 0 Å². The largest absolute Gasteiger partial charge is 0.503 e. The van der Waals surface area contributed by atoms with Crippen LogP contribution in [-0.4, -0.2) is 18.3 Å². The van der Waals surface area contributed by atoms with Crippen LogP contribution in [0.5, 0.6) is 11.5 Å². The predicted molar refractivity (Wildman–Crippen MR) is 68.9 cm³/mol. The van der Waals surface area contributed by atoms with Crippen LogP contribution in [0, 0.1) is 0 Å². The Hall–Kier alpha value is -1.00. The Morgan fingerprint density at radius 1 is 1.62 bits per heavy atom. The lowest BCUT2D eigenvalue weighted by molar-refractivity contribution is 0.371. The van der Waals surface area contributed by atoms with Crippen LogP contribution in [0.2, 0.25) is 0 Å². The zero-order valence-electron chi connectivity index (χ0n) is 9.46. The molecular weight excluding hydrogens is 270 g/mol. The van der Waals surface area contributed by atoms with E-state index < -0.39 is 0 Å². The molecule has 0 fully saturated rings. The van der Waals surface area contributed by atoms with Gasteiger partial charge in [-0.1, -0.05) is 6.08 Å². The average Bonchev–Trinajstić information content (AvgIpc) is 2.29. The van der Waals surface area contributed by atoms with Crippen molar-refractivity contribution in [2.75, 3.05) is 7.11 Å². The minimum absolute atomic E-state index is 0.128. The maximum Gasteiger partial charge on any atom is 0.172 e. The number of hydrogen-bond donors (Lipinski definition) is 2. The van der Waals surface area contributed by atoms with Crippen LogP contribution < -0.4 is 10.1 Å². The molecule has 0 saturated carbocycles. The number of halogens is 1. The fraction of sp³-hybridized carbons (Fsp3) is 0.333. The van der Waals surface area contributed by atoms with Gasteiger partial charge in [-0.05, 0) is 40.5 Å². The average molecular weight is 286 g/mol. The first kappa shape index (κ1) is 13.1. The molecule has 1 aromatic carbocycles. The van der Waals surface area contributed by atoms with Gasteiger partial charge in [-0.15, -0.1) is 6.58 Å². The van der Waals surface area contributed by atoms with Crippen LogP contribution in [0.15, 0.2) is 29.3 Å². The van der Waals surface area contributed by atoms with Crippen molar-refractivity contribution in [1.82, 2.24) is 5.32 Å². The van der Waals surface area contributed by atoms with Gasteiger partial charge in [0.25, 0.3) is 0 Å². The Morgan fingerprint density at radius 2 is 2.31 bits per heavy atom. The standard InChI is InChI=1S/C12H16BrNO2/c1-4-8(2)14-7-9-5-10(13)12(15)11(6-9)16-3/h4-6,8,14-15H,1,7H2,2-3H3. The van der Waals surface area contributed by atoms with E-state index in [1.165, 1.54) is 7.11 Å². The summed E-state index contributed by atoms with van der Waals surface area (Å²) in [5, 5.41) is 12.9. The summed E-state index contributed by atoms with van der Waals surface area (Å²) >= 11 is 3.28. The van der Waals surface area contributed by atoms with Crippen LogP contribution >= 0.6 is 15.9 Å². The third-order valence-electron chi connectivity index (χ3n) is 2.29. The molecule has 0 amide bonds. The number of hydrogen-bond acceptors (Lipinski definition) is 3. The van der Waals surface area contributed by atoms with Crippen molar-refractivity contribution in [3.63, 3.8) is 0 Å². The SMILES string of the molecule is C=CC(C)NCc1cc(Br)c(O)c(OC)c1. The summed E-state index contributed by atoms with van der Waals surface area (Å²) in [4.78, 5) is 0. The molecule has 0 saturated heterocycles. The Labute approximate surface area is 104 Å². The van der Waals surface area contributed by atoms with E-state index in [4.69, 9.17) is 4.74 Å². The van der Waals surface area contributed by atoms with E-state index in [0.717, 1.165) is 5.56 Å². The number of nitrogens with one attached hydrogen (secondary N) is 1. The fourth-order valence-electron chi connectivity index (χ4n) is 1.25. The van der Waals surface area contributed by atoms with Crippen LogP contribution in [0.25, 0.3) is 0 Å². The molecule has 0 aliphatic heterocycles. The molecule has 1 aromatic rings. The van der Waals surface area contributed by atoms with Gasteiger partial charge in [0.2, 0.25) is 0 Å². The van der Waals surface area contributed by atoms with Crippen molar-refractivity contribution < 1.29 is 9.84 Å². The maximum atomic E-state index is 9.64. The zero-order chi connectivity index (χ0) is 12.1. The molecule has 0 aromatic heterocycles. The van der Waals surface area contributed by atoms with Gasteiger partial charge < -0.3 is 15.2 Å². The molecule has 1 unspecified atom stereocenters. The van der Waals surface area contributed by atoms with Gasteiger partial charge in [0.15, 0.2) is 11.5 Å². The van der Waals surface area contributed by atoms with Crippen LogP contribution in [0.1, 0.15) is 12.5 Å². The van der Waals surface area contributed by atoms with Crippen molar-refractivity contribution in [1.29, 1.82) is 0 Å². The number of phenolic OH excluding ortho intramolecular Hbond substituents is 1. The van der Waals surface area contributed by atoms with Crippen LogP contribution in [0.4, 0.5) is 0 Å². The first-order valence-electron chi connectivity index (χ1n) is 4.99. The monoisotopic (exact) mass is 285 g/mol. The lowest BCUT2D eigenvalue weighted by atomic mass is 10.2. The molecule has 0 aliphatic carbocycles. The molecule has 2 N–H and O–H groups in total. The van der Waals surface area contributed by atoms with E-state index in [2.05, 4.69) is 27.8 Å². The lowest BCUT2D eigenvalue weighted by Gasteiger charge is -2.12. The van der Waals surface area contributed by atoms with E-state index in [9.17, 15) is 5.11 Å². The third-order valence-corrected chi connectivity index (χ3v) is 2.89. The minimum Gasteiger partial charge on any atom is -0.503 e. The summed E-state index contributed by atoms with van der Waals surface area (Å²) in [6, 6.07) is 3.92. The molecule has 1 rings (SSSR count). The summed E-state index contributed by atoms with van der Waals surface area (Å²) in [6.07, 6.45) is 1.84. The summed E-state index contributed by atoms with van der Waals surface area (Å²) in [6.45, 7) is 6.43. The van der Waals surface area contributed by atoms with E-state index in [-0.39, 0.29) is 11.8 Å². The second kappa shape index (κ2) is 5.92. The topological polar surface area (TPSA) is 41.5 Å². The molecule has 0 radical (unpaired) electrons. The Kier molecular flexibility index (Phi) is 4.83. The van der Waals surface area contributed by atoms with Crippen molar-refractivity contribution in [3.05, 3.63) is 34.8 Å². The summed E-state index contributed by atoms with van der Waals surface area (Å²) < 4.78 is 5.71. The first-order valence-corrected chi connectivity index (χ1v) is 5.79. The molecule has 1 atom stereocenters. The van der Waals surface area contributed by atoms with Crippen molar-refractivity contribution in [3.8, 4) is 11.5 Å². The molecule has 0 spiro atoms. The van der Waals surface area contributed by atoms with Crippen LogP contribution in [-0.2, 0) is 6.54 Å². The molecule has 16 heavy (non-hydrogen) atoms. The molecule has 0 bridgehead atoms. The van der Waals surface area contributed by atoms with E-state index in [1.54, 1.807) is 0 Å². The second-order valence-corrected chi connectivity index (χ2v) is 4.39. The highest BCUT2D eigenvalue weighted by molar-refractivity contribution is 9.10. The number of rotatable bonds is 5. The van der Waals surface area contributed by atoms with Gasteiger partial charge in [-0.2, -0.15) is 0 Å². The Bertz CT molecular complexity index is 380. The second-order valence-electron chi connectivity index (χ2n) is 3.53. The first-order chi connectivity index (χ1) is 7.58. The van der Waals surface area contributed by atoms with Crippen LogP contribution in [0.3, 0.4) is 0 Å². The normalized spacial score (nSPS) is 12.2. The summed E-state index contributed by atoms with van der Waals surface area (Å²) in [5.74, 6) is 0.598. The molecule has 88 valence electrons.